The molecule has 0 radical (unpaired) electrons. The van der Waals surface area contributed by atoms with Crippen molar-refractivity contribution in [2.24, 2.45) is 0 Å². The summed E-state index contributed by atoms with van der Waals surface area (Å²) >= 11 is 0. The standard InChI is InChI=1S/C20H22N4O3/c1-20(2,3)21-18(25)13-27-19(26)15-10-8-14(9-11-15)12-24-17-7-5-4-6-16(17)22-23-24/h4-11H,12-13H2,1-3H3,(H,21,25). The molecule has 0 unspecified atom stereocenters. The van der Waals surface area contributed by atoms with Crippen LogP contribution in [0, 0.1) is 0 Å². The highest BCUT2D eigenvalue weighted by molar-refractivity contribution is 5.91. The zero-order chi connectivity index (χ0) is 19.4. The van der Waals surface area contributed by atoms with Crippen molar-refractivity contribution in [3.05, 3.63) is 59.7 Å². The molecule has 0 spiro atoms. The Morgan fingerprint density at radius 3 is 2.48 bits per heavy atom. The van der Waals surface area contributed by atoms with Crippen LogP contribution in [0.4, 0.5) is 0 Å². The van der Waals surface area contributed by atoms with Crippen LogP contribution in [0.1, 0.15) is 36.7 Å². The lowest BCUT2D eigenvalue weighted by molar-refractivity contribution is -0.125. The first-order valence-electron chi connectivity index (χ1n) is 8.67. The number of para-hydroxylation sites is 1. The molecule has 0 aliphatic rings. The van der Waals surface area contributed by atoms with E-state index in [1.54, 1.807) is 16.8 Å². The van der Waals surface area contributed by atoms with Crippen molar-refractivity contribution in [2.75, 3.05) is 6.61 Å². The van der Waals surface area contributed by atoms with E-state index in [0.717, 1.165) is 16.6 Å². The van der Waals surface area contributed by atoms with Gasteiger partial charge in [0, 0.05) is 5.54 Å². The molecule has 140 valence electrons. The summed E-state index contributed by atoms with van der Waals surface area (Å²) in [6.45, 7) is 5.84. The number of benzene rings is 2. The first-order valence-corrected chi connectivity index (χ1v) is 8.67. The molecule has 2 aromatic carbocycles. The van der Waals surface area contributed by atoms with Gasteiger partial charge in [0.25, 0.3) is 5.91 Å². The van der Waals surface area contributed by atoms with E-state index in [4.69, 9.17) is 4.74 Å². The molecule has 0 atom stereocenters. The largest absolute Gasteiger partial charge is 0.452 e. The summed E-state index contributed by atoms with van der Waals surface area (Å²) in [7, 11) is 0. The summed E-state index contributed by atoms with van der Waals surface area (Å²) in [5.41, 5.74) is 2.80. The molecular weight excluding hydrogens is 344 g/mol. The molecular formula is C20H22N4O3. The monoisotopic (exact) mass is 366 g/mol. The number of nitrogens with one attached hydrogen (secondary N) is 1. The predicted molar refractivity (Wildman–Crippen MR) is 101 cm³/mol. The maximum absolute atomic E-state index is 12.1. The molecule has 27 heavy (non-hydrogen) atoms. The van der Waals surface area contributed by atoms with Crippen molar-refractivity contribution in [3.63, 3.8) is 0 Å². The van der Waals surface area contributed by atoms with E-state index in [-0.39, 0.29) is 18.1 Å². The van der Waals surface area contributed by atoms with Crippen molar-refractivity contribution < 1.29 is 14.3 Å². The van der Waals surface area contributed by atoms with Crippen LogP contribution in [0.25, 0.3) is 11.0 Å². The van der Waals surface area contributed by atoms with Gasteiger partial charge in [0.15, 0.2) is 6.61 Å². The fourth-order valence-corrected chi connectivity index (χ4v) is 2.62. The number of carbonyl (C=O) groups is 2. The molecule has 0 aliphatic carbocycles. The smallest absolute Gasteiger partial charge is 0.338 e. The van der Waals surface area contributed by atoms with E-state index < -0.39 is 5.97 Å². The van der Waals surface area contributed by atoms with Crippen molar-refractivity contribution in [1.82, 2.24) is 20.3 Å². The third-order valence-corrected chi connectivity index (χ3v) is 3.79. The molecule has 0 saturated heterocycles. The van der Waals surface area contributed by atoms with Crippen molar-refractivity contribution in [1.29, 1.82) is 0 Å². The topological polar surface area (TPSA) is 86.1 Å². The van der Waals surface area contributed by atoms with E-state index >= 15 is 0 Å². The molecule has 0 aliphatic heterocycles. The second-order valence-corrected chi connectivity index (χ2v) is 7.31. The lowest BCUT2D eigenvalue weighted by atomic mass is 10.1. The first-order chi connectivity index (χ1) is 12.8. The van der Waals surface area contributed by atoms with E-state index in [0.29, 0.717) is 12.1 Å². The van der Waals surface area contributed by atoms with Gasteiger partial charge in [-0.2, -0.15) is 0 Å². The lowest BCUT2D eigenvalue weighted by Crippen LogP contribution is -2.42. The molecule has 0 fully saturated rings. The Balaban J connectivity index is 1.60. The number of ether oxygens (including phenoxy) is 1. The van der Waals surface area contributed by atoms with Crippen LogP contribution in [0.3, 0.4) is 0 Å². The van der Waals surface area contributed by atoms with E-state index in [2.05, 4.69) is 15.6 Å². The SMILES string of the molecule is CC(C)(C)NC(=O)COC(=O)c1ccc(Cn2nnc3ccccc32)cc1. The lowest BCUT2D eigenvalue weighted by Gasteiger charge is -2.20. The highest BCUT2D eigenvalue weighted by Gasteiger charge is 2.16. The second kappa shape index (κ2) is 7.57. The summed E-state index contributed by atoms with van der Waals surface area (Å²) in [5, 5.41) is 11.0. The number of amides is 1. The number of fused-ring (bicyclic) bond motifs is 1. The zero-order valence-corrected chi connectivity index (χ0v) is 15.6. The Morgan fingerprint density at radius 2 is 1.78 bits per heavy atom. The molecule has 1 amide bonds. The average Bonchev–Trinajstić information content (AvgIpc) is 3.02. The van der Waals surface area contributed by atoms with Gasteiger partial charge in [-0.15, -0.1) is 5.10 Å². The predicted octanol–water partition coefficient (Wildman–Crippen LogP) is 2.55. The number of hydrogen-bond donors (Lipinski definition) is 1. The van der Waals surface area contributed by atoms with Gasteiger partial charge in [-0.05, 0) is 50.6 Å². The van der Waals surface area contributed by atoms with E-state index in [1.165, 1.54) is 0 Å². The molecule has 0 saturated carbocycles. The van der Waals surface area contributed by atoms with Crippen LogP contribution in [-0.4, -0.2) is 39.0 Å². The van der Waals surface area contributed by atoms with Crippen LogP contribution in [0.15, 0.2) is 48.5 Å². The van der Waals surface area contributed by atoms with Gasteiger partial charge in [-0.1, -0.05) is 29.5 Å². The second-order valence-electron chi connectivity index (χ2n) is 7.31. The average molecular weight is 366 g/mol. The number of aromatic nitrogens is 3. The molecule has 1 N–H and O–H groups in total. The van der Waals surface area contributed by atoms with Crippen LogP contribution in [-0.2, 0) is 16.1 Å². The van der Waals surface area contributed by atoms with Crippen LogP contribution < -0.4 is 5.32 Å². The number of carbonyl (C=O) groups excluding carboxylic acids is 2. The van der Waals surface area contributed by atoms with Gasteiger partial charge >= 0.3 is 5.97 Å². The Bertz CT molecular complexity index is 955. The Hall–Kier alpha value is -3.22. The van der Waals surface area contributed by atoms with Gasteiger partial charge in [0.1, 0.15) is 5.52 Å². The minimum absolute atomic E-state index is 0.303. The highest BCUT2D eigenvalue weighted by atomic mass is 16.5. The Morgan fingerprint density at radius 1 is 1.07 bits per heavy atom. The number of nitrogens with zero attached hydrogens (tertiary/aromatic N) is 3. The molecule has 7 nitrogen and oxygen atoms in total. The summed E-state index contributed by atoms with van der Waals surface area (Å²) in [6, 6.07) is 14.8. The third-order valence-electron chi connectivity index (χ3n) is 3.79. The summed E-state index contributed by atoms with van der Waals surface area (Å²) in [4.78, 5) is 23.8. The minimum atomic E-state index is -0.531. The third kappa shape index (κ3) is 4.91. The van der Waals surface area contributed by atoms with Gasteiger partial charge < -0.3 is 10.1 Å². The summed E-state index contributed by atoms with van der Waals surface area (Å²) in [6.07, 6.45) is 0. The molecule has 1 aromatic heterocycles. The maximum atomic E-state index is 12.1. The van der Waals surface area contributed by atoms with E-state index in [9.17, 15) is 9.59 Å². The number of rotatable bonds is 5. The van der Waals surface area contributed by atoms with E-state index in [1.807, 2.05) is 57.2 Å². The van der Waals surface area contributed by atoms with Crippen LogP contribution >= 0.6 is 0 Å². The molecule has 0 bridgehead atoms. The quantitative estimate of drug-likeness (QED) is 0.702. The van der Waals surface area contributed by atoms with Gasteiger partial charge in [-0.25, -0.2) is 9.48 Å². The van der Waals surface area contributed by atoms with Gasteiger partial charge in [-0.3, -0.25) is 4.79 Å². The fraction of sp³-hybridized carbons (Fsp3) is 0.300. The van der Waals surface area contributed by atoms with Gasteiger partial charge in [0.2, 0.25) is 0 Å². The normalized spacial score (nSPS) is 11.4. The summed E-state index contributed by atoms with van der Waals surface area (Å²) < 4.78 is 6.87. The molecule has 7 heteroatoms. The zero-order valence-electron chi connectivity index (χ0n) is 15.6. The molecule has 1 heterocycles. The molecule has 3 rings (SSSR count). The number of esters is 1. The van der Waals surface area contributed by atoms with Crippen molar-refractivity contribution in [2.45, 2.75) is 32.9 Å². The summed E-state index contributed by atoms with van der Waals surface area (Å²) in [5.74, 6) is -0.859. The fourth-order valence-electron chi connectivity index (χ4n) is 2.62. The van der Waals surface area contributed by atoms with Gasteiger partial charge in [0.05, 0.1) is 17.6 Å². The van der Waals surface area contributed by atoms with Crippen LogP contribution in [0.5, 0.6) is 0 Å². The molecule has 3 aromatic rings. The minimum Gasteiger partial charge on any atom is -0.452 e. The van der Waals surface area contributed by atoms with Crippen LogP contribution in [0.2, 0.25) is 0 Å². The Kier molecular flexibility index (Phi) is 5.21. The first kappa shape index (κ1) is 18.6. The highest BCUT2D eigenvalue weighted by Crippen LogP contribution is 2.13. The van der Waals surface area contributed by atoms with Crippen molar-refractivity contribution in [3.8, 4) is 0 Å². The Labute approximate surface area is 157 Å². The van der Waals surface area contributed by atoms with Crippen molar-refractivity contribution >= 4 is 22.9 Å². The maximum Gasteiger partial charge on any atom is 0.338 e. The number of hydrogen-bond acceptors (Lipinski definition) is 5.